The molecule has 0 aliphatic carbocycles. The molecule has 0 unspecified atom stereocenters. The lowest BCUT2D eigenvalue weighted by atomic mass is 10.2. The van der Waals surface area contributed by atoms with Gasteiger partial charge in [0.05, 0.1) is 11.8 Å². The molecule has 0 atom stereocenters. The van der Waals surface area contributed by atoms with E-state index in [0.29, 0.717) is 5.52 Å². The molecule has 0 spiro atoms. The maximum Gasteiger partial charge on any atom is 0.275 e. The van der Waals surface area contributed by atoms with E-state index in [4.69, 9.17) is 0 Å². The quantitative estimate of drug-likeness (QED) is 0.829. The first-order valence-corrected chi connectivity index (χ1v) is 5.33. The molecular formula is C11H15N3O. The molecular weight excluding hydrogens is 190 g/mol. The van der Waals surface area contributed by atoms with Crippen LogP contribution in [0.5, 0.6) is 0 Å². The molecule has 0 saturated carbocycles. The molecule has 4 nitrogen and oxygen atoms in total. The van der Waals surface area contributed by atoms with Crippen molar-refractivity contribution in [2.24, 2.45) is 0 Å². The van der Waals surface area contributed by atoms with Crippen molar-refractivity contribution in [3.63, 3.8) is 0 Å². The van der Waals surface area contributed by atoms with Gasteiger partial charge < -0.3 is 9.55 Å². The second-order valence-corrected chi connectivity index (χ2v) is 3.62. The standard InChI is InChI=1S/C11H15N3O/c1-3-5-8-6-14(4-2)10-9(8)12-7-13-11(10)15/h6-7H,3-5H2,1-2H3,(H,12,13,15). The van der Waals surface area contributed by atoms with E-state index in [0.717, 1.165) is 24.9 Å². The highest BCUT2D eigenvalue weighted by atomic mass is 16.1. The van der Waals surface area contributed by atoms with Gasteiger partial charge in [0.15, 0.2) is 0 Å². The molecule has 1 N–H and O–H groups in total. The first-order valence-electron chi connectivity index (χ1n) is 5.33. The minimum atomic E-state index is -0.0517. The molecule has 0 fully saturated rings. The number of hydrogen-bond acceptors (Lipinski definition) is 2. The van der Waals surface area contributed by atoms with Gasteiger partial charge in [-0.05, 0) is 18.9 Å². The normalized spacial score (nSPS) is 11.1. The topological polar surface area (TPSA) is 50.7 Å². The van der Waals surface area contributed by atoms with Crippen LogP contribution in [0.1, 0.15) is 25.8 Å². The van der Waals surface area contributed by atoms with Gasteiger partial charge in [0.1, 0.15) is 5.52 Å². The minimum absolute atomic E-state index is 0.0517. The third-order valence-corrected chi connectivity index (χ3v) is 2.59. The number of hydrogen-bond donors (Lipinski definition) is 1. The lowest BCUT2D eigenvalue weighted by Crippen LogP contribution is -2.10. The van der Waals surface area contributed by atoms with Crippen LogP contribution in [0.3, 0.4) is 0 Å². The first-order chi connectivity index (χ1) is 7.27. The third-order valence-electron chi connectivity index (χ3n) is 2.59. The van der Waals surface area contributed by atoms with Crippen molar-refractivity contribution >= 4 is 11.0 Å². The van der Waals surface area contributed by atoms with Crippen LogP contribution in [0.2, 0.25) is 0 Å². The Bertz CT molecular complexity index is 524. The Balaban J connectivity index is 2.75. The number of aryl methyl sites for hydroxylation is 2. The molecule has 0 aromatic carbocycles. The van der Waals surface area contributed by atoms with Crippen molar-refractivity contribution in [1.29, 1.82) is 0 Å². The van der Waals surface area contributed by atoms with Crippen LogP contribution < -0.4 is 5.56 Å². The van der Waals surface area contributed by atoms with Gasteiger partial charge in [-0.2, -0.15) is 0 Å². The van der Waals surface area contributed by atoms with E-state index in [1.807, 2.05) is 17.7 Å². The summed E-state index contributed by atoms with van der Waals surface area (Å²) in [6, 6.07) is 0. The molecule has 2 heterocycles. The molecule has 0 aliphatic rings. The summed E-state index contributed by atoms with van der Waals surface area (Å²) in [4.78, 5) is 18.5. The van der Waals surface area contributed by atoms with E-state index in [1.165, 1.54) is 11.9 Å². The van der Waals surface area contributed by atoms with Gasteiger partial charge in [0.25, 0.3) is 5.56 Å². The number of nitrogens with one attached hydrogen (secondary N) is 1. The second-order valence-electron chi connectivity index (χ2n) is 3.62. The van der Waals surface area contributed by atoms with E-state index < -0.39 is 0 Å². The molecule has 2 rings (SSSR count). The fourth-order valence-corrected chi connectivity index (χ4v) is 1.91. The van der Waals surface area contributed by atoms with Crippen molar-refractivity contribution in [2.75, 3.05) is 0 Å². The molecule has 0 aliphatic heterocycles. The predicted molar refractivity (Wildman–Crippen MR) is 60.0 cm³/mol. The highest BCUT2D eigenvalue weighted by molar-refractivity contribution is 5.78. The summed E-state index contributed by atoms with van der Waals surface area (Å²) in [5.74, 6) is 0. The zero-order valence-corrected chi connectivity index (χ0v) is 9.08. The van der Waals surface area contributed by atoms with Crippen molar-refractivity contribution in [3.05, 3.63) is 28.4 Å². The van der Waals surface area contributed by atoms with Crippen molar-refractivity contribution < 1.29 is 0 Å². The SMILES string of the molecule is CCCc1cn(CC)c2c(=O)[nH]cnc12. The van der Waals surface area contributed by atoms with E-state index in [1.54, 1.807) is 0 Å². The smallest absolute Gasteiger partial charge is 0.275 e. The first kappa shape index (κ1) is 9.96. The Morgan fingerprint density at radius 3 is 2.93 bits per heavy atom. The number of H-pyrrole nitrogens is 1. The number of rotatable bonds is 3. The van der Waals surface area contributed by atoms with Gasteiger partial charge >= 0.3 is 0 Å². The Kier molecular flexibility index (Phi) is 2.58. The Labute approximate surface area is 88.0 Å². The van der Waals surface area contributed by atoms with E-state index >= 15 is 0 Å². The van der Waals surface area contributed by atoms with Gasteiger partial charge in [-0.15, -0.1) is 0 Å². The molecule has 2 aromatic rings. The summed E-state index contributed by atoms with van der Waals surface area (Å²) in [6.45, 7) is 4.96. The molecule has 0 bridgehead atoms. The molecule has 0 saturated heterocycles. The van der Waals surface area contributed by atoms with Crippen LogP contribution in [0.15, 0.2) is 17.3 Å². The molecule has 80 valence electrons. The summed E-state index contributed by atoms with van der Waals surface area (Å²) in [5.41, 5.74) is 2.66. The summed E-state index contributed by atoms with van der Waals surface area (Å²) >= 11 is 0. The van der Waals surface area contributed by atoms with Gasteiger partial charge in [0, 0.05) is 12.7 Å². The second kappa shape index (κ2) is 3.88. The maximum atomic E-state index is 11.7. The van der Waals surface area contributed by atoms with Gasteiger partial charge in [0.2, 0.25) is 0 Å². The van der Waals surface area contributed by atoms with E-state index in [2.05, 4.69) is 16.9 Å². The largest absolute Gasteiger partial charge is 0.342 e. The average Bonchev–Trinajstić information content (AvgIpc) is 2.59. The lowest BCUT2D eigenvalue weighted by molar-refractivity contribution is 0.784. The van der Waals surface area contributed by atoms with Crippen molar-refractivity contribution in [1.82, 2.24) is 14.5 Å². The number of fused-ring (bicyclic) bond motifs is 1. The number of aromatic amines is 1. The van der Waals surface area contributed by atoms with Crippen LogP contribution in [0.4, 0.5) is 0 Å². The summed E-state index contributed by atoms with van der Waals surface area (Å²) < 4.78 is 1.96. The lowest BCUT2D eigenvalue weighted by Gasteiger charge is -1.96. The van der Waals surface area contributed by atoms with Gasteiger partial charge in [-0.1, -0.05) is 13.3 Å². The van der Waals surface area contributed by atoms with Gasteiger partial charge in [-0.3, -0.25) is 4.79 Å². The summed E-state index contributed by atoms with van der Waals surface area (Å²) in [7, 11) is 0. The van der Waals surface area contributed by atoms with Crippen molar-refractivity contribution in [3.8, 4) is 0 Å². The Morgan fingerprint density at radius 1 is 1.47 bits per heavy atom. The predicted octanol–water partition coefficient (Wildman–Crippen LogP) is 1.70. The minimum Gasteiger partial charge on any atom is -0.342 e. The number of nitrogens with zero attached hydrogens (tertiary/aromatic N) is 2. The van der Waals surface area contributed by atoms with Gasteiger partial charge in [-0.25, -0.2) is 4.98 Å². The van der Waals surface area contributed by atoms with E-state index in [9.17, 15) is 4.79 Å². The highest BCUT2D eigenvalue weighted by Gasteiger charge is 2.10. The van der Waals surface area contributed by atoms with Crippen LogP contribution in [-0.2, 0) is 13.0 Å². The fourth-order valence-electron chi connectivity index (χ4n) is 1.91. The van der Waals surface area contributed by atoms with Crippen LogP contribution >= 0.6 is 0 Å². The molecule has 15 heavy (non-hydrogen) atoms. The van der Waals surface area contributed by atoms with Crippen LogP contribution in [0.25, 0.3) is 11.0 Å². The Hall–Kier alpha value is -1.58. The van der Waals surface area contributed by atoms with Crippen LogP contribution in [0, 0.1) is 0 Å². The summed E-state index contributed by atoms with van der Waals surface area (Å²) in [5, 5.41) is 0. The molecule has 0 radical (unpaired) electrons. The Morgan fingerprint density at radius 2 is 2.27 bits per heavy atom. The molecule has 0 amide bonds. The zero-order chi connectivity index (χ0) is 10.8. The average molecular weight is 205 g/mol. The van der Waals surface area contributed by atoms with Crippen molar-refractivity contribution in [2.45, 2.75) is 33.2 Å². The monoisotopic (exact) mass is 205 g/mol. The van der Waals surface area contributed by atoms with Crippen LogP contribution in [-0.4, -0.2) is 14.5 Å². The van der Waals surface area contributed by atoms with E-state index in [-0.39, 0.29) is 5.56 Å². The maximum absolute atomic E-state index is 11.7. The highest BCUT2D eigenvalue weighted by Crippen LogP contribution is 2.16. The molecule has 2 aromatic heterocycles. The summed E-state index contributed by atoms with van der Waals surface area (Å²) in [6.07, 6.45) is 5.55. The number of aromatic nitrogens is 3. The zero-order valence-electron chi connectivity index (χ0n) is 9.08. The third kappa shape index (κ3) is 1.56. The molecule has 4 heteroatoms. The fraction of sp³-hybridized carbons (Fsp3) is 0.455.